The van der Waals surface area contributed by atoms with Gasteiger partial charge in [0.15, 0.2) is 0 Å². The van der Waals surface area contributed by atoms with Crippen LogP contribution in [0.25, 0.3) is 10.9 Å². The quantitative estimate of drug-likeness (QED) is 0.156. The van der Waals surface area contributed by atoms with Crippen molar-refractivity contribution in [1.82, 2.24) is 9.88 Å². The lowest BCUT2D eigenvalue weighted by Gasteiger charge is -2.33. The van der Waals surface area contributed by atoms with Crippen LogP contribution in [0, 0.1) is 0 Å². The lowest BCUT2D eigenvalue weighted by Crippen LogP contribution is -2.38. The molecule has 4 aromatic carbocycles. The van der Waals surface area contributed by atoms with Crippen LogP contribution in [0.4, 0.5) is 5.69 Å². The lowest BCUT2D eigenvalue weighted by molar-refractivity contribution is 0.0697. The van der Waals surface area contributed by atoms with Crippen molar-refractivity contribution in [2.45, 2.75) is 31.3 Å². The minimum Gasteiger partial charge on any atom is -0.478 e. The third-order valence-corrected chi connectivity index (χ3v) is 8.67. The largest absolute Gasteiger partial charge is 0.478 e. The van der Waals surface area contributed by atoms with Crippen molar-refractivity contribution in [3.05, 3.63) is 145 Å². The third-order valence-electron chi connectivity index (χ3n) is 8.16. The molecule has 1 fully saturated rings. The first-order chi connectivity index (χ1) is 20.8. The number of benzene rings is 4. The highest BCUT2D eigenvalue weighted by molar-refractivity contribution is 6.30. The molecule has 0 atom stereocenters. The number of hydrogen-bond donors (Lipinski definition) is 3. The maximum atomic E-state index is 12.6. The minimum atomic E-state index is -0.914. The van der Waals surface area contributed by atoms with Gasteiger partial charge >= 0.3 is 5.97 Å². The molecule has 6 rings (SSSR count). The van der Waals surface area contributed by atoms with E-state index in [9.17, 15) is 9.59 Å². The molecule has 0 spiro atoms. The summed E-state index contributed by atoms with van der Waals surface area (Å²) in [6.07, 6.45) is 1.86. The number of H-pyrrole nitrogens is 1. The van der Waals surface area contributed by atoms with Crippen molar-refractivity contribution >= 4 is 45.8 Å². The van der Waals surface area contributed by atoms with Gasteiger partial charge in [0.2, 0.25) is 5.56 Å². The predicted octanol–water partition coefficient (Wildman–Crippen LogP) is 7.79. The van der Waals surface area contributed by atoms with Crippen LogP contribution in [0.15, 0.2) is 102 Å². The summed E-state index contributed by atoms with van der Waals surface area (Å²) < 4.78 is 0. The number of aromatic nitrogens is 1. The van der Waals surface area contributed by atoms with Gasteiger partial charge in [-0.3, -0.25) is 9.69 Å². The molecule has 218 valence electrons. The first kappa shape index (κ1) is 29.0. The number of halogens is 2. The Balaban J connectivity index is 1.24. The van der Waals surface area contributed by atoms with Gasteiger partial charge in [-0.05, 0) is 83.6 Å². The topological polar surface area (TPSA) is 85.4 Å². The van der Waals surface area contributed by atoms with Crippen LogP contribution in [-0.2, 0) is 6.54 Å². The zero-order valence-electron chi connectivity index (χ0n) is 23.4. The number of nitrogens with zero attached hydrogens (tertiary/aromatic N) is 1. The van der Waals surface area contributed by atoms with E-state index in [2.05, 4.69) is 27.3 Å². The van der Waals surface area contributed by atoms with Gasteiger partial charge < -0.3 is 15.4 Å². The zero-order valence-corrected chi connectivity index (χ0v) is 24.9. The molecule has 1 aliphatic rings. The molecule has 3 N–H and O–H groups in total. The third kappa shape index (κ3) is 6.78. The molecule has 43 heavy (non-hydrogen) atoms. The summed E-state index contributed by atoms with van der Waals surface area (Å²) in [6, 6.07) is 31.0. The number of nitrogens with one attached hydrogen (secondary N) is 2. The van der Waals surface area contributed by atoms with E-state index < -0.39 is 5.97 Å². The molecule has 6 nitrogen and oxygen atoms in total. The number of fused-ring (bicyclic) bond motifs is 1. The Kier molecular flexibility index (Phi) is 8.52. The second kappa shape index (κ2) is 12.6. The number of carbonyl (C=O) groups is 1. The zero-order chi connectivity index (χ0) is 29.9. The van der Waals surface area contributed by atoms with Crippen LogP contribution >= 0.6 is 23.2 Å². The summed E-state index contributed by atoms with van der Waals surface area (Å²) in [6.45, 7) is 2.58. The van der Waals surface area contributed by atoms with E-state index in [1.54, 1.807) is 18.2 Å². The molecule has 1 saturated heterocycles. The fourth-order valence-electron chi connectivity index (χ4n) is 5.92. The second-order valence-electron chi connectivity index (χ2n) is 11.1. The SMILES string of the molecule is O=C(O)c1ccc(CN2CCC(Nc3cc(=O)[nH]c4ccc(C(c5ccc(Cl)cc5)c5ccc(Cl)cc5)cc34)CC2)cc1. The van der Waals surface area contributed by atoms with Gasteiger partial charge in [0.25, 0.3) is 0 Å². The highest BCUT2D eigenvalue weighted by Gasteiger charge is 2.22. The Bertz CT molecular complexity index is 1750. The summed E-state index contributed by atoms with van der Waals surface area (Å²) in [5, 5.41) is 15.2. The number of anilines is 1. The maximum absolute atomic E-state index is 12.6. The van der Waals surface area contributed by atoms with E-state index >= 15 is 0 Å². The first-order valence-electron chi connectivity index (χ1n) is 14.3. The Morgan fingerprint density at radius 3 is 2.00 bits per heavy atom. The number of aromatic amines is 1. The number of likely N-dealkylation sites (tertiary alicyclic amines) is 1. The molecule has 8 heteroatoms. The Morgan fingerprint density at radius 1 is 0.837 bits per heavy atom. The smallest absolute Gasteiger partial charge is 0.335 e. The van der Waals surface area contributed by atoms with Crippen LogP contribution in [0.3, 0.4) is 0 Å². The Hall–Kier alpha value is -4.10. The predicted molar refractivity (Wildman–Crippen MR) is 174 cm³/mol. The first-order valence-corrected chi connectivity index (χ1v) is 15.1. The van der Waals surface area contributed by atoms with E-state index in [1.807, 2.05) is 66.7 Å². The molecule has 2 heterocycles. The highest BCUT2D eigenvalue weighted by Crippen LogP contribution is 2.36. The average molecular weight is 613 g/mol. The van der Waals surface area contributed by atoms with Crippen molar-refractivity contribution in [2.75, 3.05) is 18.4 Å². The molecule has 0 bridgehead atoms. The molecular formula is C35H31Cl2N3O3. The van der Waals surface area contributed by atoms with Gasteiger partial charge in [-0.1, -0.05) is 65.7 Å². The summed E-state index contributed by atoms with van der Waals surface area (Å²) >= 11 is 12.4. The van der Waals surface area contributed by atoms with Gasteiger partial charge in [0.1, 0.15) is 0 Å². The van der Waals surface area contributed by atoms with Gasteiger partial charge in [-0.25, -0.2) is 4.79 Å². The summed E-state index contributed by atoms with van der Waals surface area (Å²) in [7, 11) is 0. The maximum Gasteiger partial charge on any atom is 0.335 e. The van der Waals surface area contributed by atoms with Crippen LogP contribution in [0.2, 0.25) is 10.0 Å². The van der Waals surface area contributed by atoms with Gasteiger partial charge in [-0.15, -0.1) is 0 Å². The molecule has 0 aliphatic carbocycles. The fourth-order valence-corrected chi connectivity index (χ4v) is 6.18. The molecule has 0 amide bonds. The van der Waals surface area contributed by atoms with E-state index in [0.29, 0.717) is 15.6 Å². The Morgan fingerprint density at radius 2 is 1.42 bits per heavy atom. The molecule has 1 aliphatic heterocycles. The number of carboxylic acids is 1. The van der Waals surface area contributed by atoms with E-state index in [4.69, 9.17) is 28.3 Å². The van der Waals surface area contributed by atoms with E-state index in [-0.39, 0.29) is 17.5 Å². The number of piperidine rings is 1. The van der Waals surface area contributed by atoms with Crippen molar-refractivity contribution < 1.29 is 9.90 Å². The minimum absolute atomic E-state index is 0.0495. The molecule has 0 saturated carbocycles. The van der Waals surface area contributed by atoms with Crippen molar-refractivity contribution in [3.63, 3.8) is 0 Å². The molecular weight excluding hydrogens is 581 g/mol. The van der Waals surface area contributed by atoms with Crippen molar-refractivity contribution in [2.24, 2.45) is 0 Å². The van der Waals surface area contributed by atoms with Gasteiger partial charge in [0.05, 0.1) is 11.1 Å². The highest BCUT2D eigenvalue weighted by atomic mass is 35.5. The van der Waals surface area contributed by atoms with Gasteiger partial charge in [0, 0.05) is 58.8 Å². The van der Waals surface area contributed by atoms with Crippen molar-refractivity contribution in [1.29, 1.82) is 0 Å². The van der Waals surface area contributed by atoms with Crippen LogP contribution in [-0.4, -0.2) is 40.1 Å². The molecule has 0 unspecified atom stereocenters. The fraction of sp³-hybridized carbons (Fsp3) is 0.200. The average Bonchev–Trinajstić information content (AvgIpc) is 3.00. The van der Waals surface area contributed by atoms with Crippen LogP contribution in [0.1, 0.15) is 51.4 Å². The van der Waals surface area contributed by atoms with E-state index in [0.717, 1.165) is 71.3 Å². The normalized spacial score (nSPS) is 14.3. The summed E-state index contributed by atoms with van der Waals surface area (Å²) in [5.74, 6) is -0.963. The van der Waals surface area contributed by atoms with Crippen LogP contribution < -0.4 is 10.9 Å². The second-order valence-corrected chi connectivity index (χ2v) is 12.0. The van der Waals surface area contributed by atoms with E-state index in [1.165, 1.54) is 0 Å². The van der Waals surface area contributed by atoms with Crippen molar-refractivity contribution in [3.8, 4) is 0 Å². The summed E-state index contributed by atoms with van der Waals surface area (Å²) in [5.41, 5.74) is 6.17. The van der Waals surface area contributed by atoms with Gasteiger partial charge in [-0.2, -0.15) is 0 Å². The summed E-state index contributed by atoms with van der Waals surface area (Å²) in [4.78, 5) is 29.2. The number of hydrogen-bond acceptors (Lipinski definition) is 4. The Labute approximate surface area is 259 Å². The standard InChI is InChI=1S/C35H31Cl2N3O3/c36-27-10-5-23(6-11-27)34(24-7-12-28(37)13-8-24)26-9-14-31-30(19-26)32(20-33(41)39-31)38-29-15-17-40(18-16-29)21-22-1-3-25(4-2-22)35(42)43/h1-14,19-20,29,34H,15-18,21H2,(H,42,43)(H2,38,39,41). The number of carboxylic acid groups (broad SMARTS) is 1. The number of pyridine rings is 1. The monoisotopic (exact) mass is 611 g/mol. The number of aromatic carboxylic acids is 1. The molecule has 5 aromatic rings. The van der Waals surface area contributed by atoms with Crippen LogP contribution in [0.5, 0.6) is 0 Å². The molecule has 0 radical (unpaired) electrons. The lowest BCUT2D eigenvalue weighted by atomic mass is 9.84. The number of rotatable bonds is 8. The molecule has 1 aromatic heterocycles.